The number of hydrogen-bond acceptors (Lipinski definition) is 3. The molecule has 3 heteroatoms. The summed E-state index contributed by atoms with van der Waals surface area (Å²) in [6.45, 7) is 8.22. The van der Waals surface area contributed by atoms with Crippen molar-refractivity contribution in [1.29, 1.82) is 0 Å². The summed E-state index contributed by atoms with van der Waals surface area (Å²) < 4.78 is 5.72. The Morgan fingerprint density at radius 3 is 2.95 bits per heavy atom. The van der Waals surface area contributed by atoms with Crippen LogP contribution < -0.4 is 10.6 Å². The topological polar surface area (TPSA) is 38.5 Å². The summed E-state index contributed by atoms with van der Waals surface area (Å²) in [5.41, 5.74) is 9.47. The second kappa shape index (κ2) is 6.80. The van der Waals surface area contributed by atoms with Crippen molar-refractivity contribution in [1.82, 2.24) is 0 Å². The molecule has 0 saturated heterocycles. The Bertz CT molecular complexity index is 404. The number of rotatable bonds is 6. The molecule has 0 fully saturated rings. The lowest BCUT2D eigenvalue weighted by Gasteiger charge is -2.31. The van der Waals surface area contributed by atoms with Gasteiger partial charge in [-0.15, -0.1) is 0 Å². The number of nitrogens with zero attached hydrogens (tertiary/aromatic N) is 1. The lowest BCUT2D eigenvalue weighted by Crippen LogP contribution is -2.32. The van der Waals surface area contributed by atoms with Crippen LogP contribution in [-0.2, 0) is 11.2 Å². The Morgan fingerprint density at radius 1 is 1.32 bits per heavy atom. The van der Waals surface area contributed by atoms with E-state index in [1.807, 2.05) is 6.07 Å². The van der Waals surface area contributed by atoms with E-state index in [-0.39, 0.29) is 0 Å². The predicted molar refractivity (Wildman–Crippen MR) is 81.7 cm³/mol. The zero-order valence-electron chi connectivity index (χ0n) is 12.2. The predicted octanol–water partition coefficient (Wildman–Crippen LogP) is 3.08. The fourth-order valence-corrected chi connectivity index (χ4v) is 2.50. The minimum atomic E-state index is 0.718. The van der Waals surface area contributed by atoms with Gasteiger partial charge in [-0.1, -0.05) is 19.9 Å². The Morgan fingerprint density at radius 2 is 2.16 bits per heavy atom. The first-order chi connectivity index (χ1) is 9.16. The summed E-state index contributed by atoms with van der Waals surface area (Å²) in [6, 6.07) is 6.26. The first-order valence-corrected chi connectivity index (χ1v) is 7.38. The molecular weight excluding hydrogens is 236 g/mol. The molecule has 0 saturated carbocycles. The fraction of sp³-hybridized carbons (Fsp3) is 0.625. The highest BCUT2D eigenvalue weighted by atomic mass is 16.5. The Kier molecular flexibility index (Phi) is 5.08. The molecule has 1 heterocycles. The van der Waals surface area contributed by atoms with E-state index in [2.05, 4.69) is 30.9 Å². The van der Waals surface area contributed by atoms with Crippen molar-refractivity contribution in [2.45, 2.75) is 33.1 Å². The zero-order valence-corrected chi connectivity index (χ0v) is 12.2. The van der Waals surface area contributed by atoms with E-state index < -0.39 is 0 Å². The number of anilines is 2. The molecule has 0 atom stereocenters. The maximum absolute atomic E-state index is 5.90. The van der Waals surface area contributed by atoms with Crippen LogP contribution in [0.15, 0.2) is 18.2 Å². The van der Waals surface area contributed by atoms with Gasteiger partial charge in [0.1, 0.15) is 0 Å². The molecule has 106 valence electrons. The Balaban J connectivity index is 1.84. The molecule has 2 rings (SSSR count). The molecule has 19 heavy (non-hydrogen) atoms. The molecular formula is C16H26N2O. The van der Waals surface area contributed by atoms with Crippen LogP contribution in [0, 0.1) is 5.92 Å². The van der Waals surface area contributed by atoms with Crippen molar-refractivity contribution >= 4 is 11.4 Å². The number of ether oxygens (including phenoxy) is 1. The average Bonchev–Trinajstić information content (AvgIpc) is 2.38. The maximum atomic E-state index is 5.90. The maximum Gasteiger partial charge on any atom is 0.0641 e. The van der Waals surface area contributed by atoms with Crippen LogP contribution >= 0.6 is 0 Å². The largest absolute Gasteiger partial charge is 0.399 e. The van der Waals surface area contributed by atoms with E-state index in [9.17, 15) is 0 Å². The van der Waals surface area contributed by atoms with Crippen LogP contribution in [0.5, 0.6) is 0 Å². The van der Waals surface area contributed by atoms with E-state index in [0.29, 0.717) is 0 Å². The first-order valence-electron chi connectivity index (χ1n) is 7.38. The van der Waals surface area contributed by atoms with E-state index in [4.69, 9.17) is 10.5 Å². The third-order valence-corrected chi connectivity index (χ3v) is 3.67. The van der Waals surface area contributed by atoms with Gasteiger partial charge in [0.15, 0.2) is 0 Å². The zero-order chi connectivity index (χ0) is 13.7. The second-order valence-electron chi connectivity index (χ2n) is 5.77. The second-order valence-corrected chi connectivity index (χ2v) is 5.77. The monoisotopic (exact) mass is 262 g/mol. The first kappa shape index (κ1) is 14.2. The van der Waals surface area contributed by atoms with Gasteiger partial charge in [-0.25, -0.2) is 0 Å². The highest BCUT2D eigenvalue weighted by molar-refractivity contribution is 5.62. The Hall–Kier alpha value is -1.22. The molecule has 1 aromatic rings. The van der Waals surface area contributed by atoms with Gasteiger partial charge < -0.3 is 15.4 Å². The quantitative estimate of drug-likeness (QED) is 0.632. The van der Waals surface area contributed by atoms with Crippen molar-refractivity contribution in [2.24, 2.45) is 5.92 Å². The van der Waals surface area contributed by atoms with Gasteiger partial charge in [-0.2, -0.15) is 0 Å². The SMILES string of the molecule is CC(C)CCOCCN1CCCc2ccc(N)cc21. The third-order valence-electron chi connectivity index (χ3n) is 3.67. The number of aryl methyl sites for hydroxylation is 1. The van der Waals surface area contributed by atoms with Crippen molar-refractivity contribution in [3.05, 3.63) is 23.8 Å². The summed E-state index contributed by atoms with van der Waals surface area (Å²) in [5.74, 6) is 0.718. The molecule has 0 aromatic heterocycles. The summed E-state index contributed by atoms with van der Waals surface area (Å²) in [7, 11) is 0. The minimum Gasteiger partial charge on any atom is -0.399 e. The highest BCUT2D eigenvalue weighted by Crippen LogP contribution is 2.28. The van der Waals surface area contributed by atoms with Crippen LogP contribution in [0.1, 0.15) is 32.3 Å². The molecule has 1 aliphatic rings. The smallest absolute Gasteiger partial charge is 0.0641 e. The lowest BCUT2D eigenvalue weighted by molar-refractivity contribution is 0.129. The van der Waals surface area contributed by atoms with Gasteiger partial charge in [0.05, 0.1) is 6.61 Å². The van der Waals surface area contributed by atoms with Crippen LogP contribution in [0.3, 0.4) is 0 Å². The average molecular weight is 262 g/mol. The standard InChI is InChI=1S/C16H26N2O/c1-13(2)7-10-19-11-9-18-8-3-4-14-5-6-15(17)12-16(14)18/h5-6,12-13H,3-4,7-11,17H2,1-2H3. The summed E-state index contributed by atoms with van der Waals surface area (Å²) in [5, 5.41) is 0. The Labute approximate surface area is 116 Å². The van der Waals surface area contributed by atoms with Crippen molar-refractivity contribution in [3.63, 3.8) is 0 Å². The number of fused-ring (bicyclic) bond motifs is 1. The molecule has 0 unspecified atom stereocenters. The van der Waals surface area contributed by atoms with E-state index in [1.54, 1.807) is 0 Å². The van der Waals surface area contributed by atoms with Crippen LogP contribution in [0.4, 0.5) is 11.4 Å². The fourth-order valence-electron chi connectivity index (χ4n) is 2.50. The number of nitrogen functional groups attached to an aromatic ring is 1. The van der Waals surface area contributed by atoms with E-state index in [0.717, 1.165) is 44.3 Å². The van der Waals surface area contributed by atoms with Gasteiger partial charge in [0.2, 0.25) is 0 Å². The van der Waals surface area contributed by atoms with Crippen LogP contribution in [-0.4, -0.2) is 26.3 Å². The third kappa shape index (κ3) is 4.13. The van der Waals surface area contributed by atoms with Crippen LogP contribution in [0.25, 0.3) is 0 Å². The molecule has 0 amide bonds. The number of benzene rings is 1. The van der Waals surface area contributed by atoms with Gasteiger partial charge in [-0.05, 0) is 42.9 Å². The molecule has 0 bridgehead atoms. The molecule has 1 aromatic carbocycles. The van der Waals surface area contributed by atoms with E-state index >= 15 is 0 Å². The molecule has 2 N–H and O–H groups in total. The summed E-state index contributed by atoms with van der Waals surface area (Å²) in [6.07, 6.45) is 3.53. The van der Waals surface area contributed by atoms with Gasteiger partial charge in [0, 0.05) is 31.1 Å². The van der Waals surface area contributed by atoms with Crippen LogP contribution in [0.2, 0.25) is 0 Å². The van der Waals surface area contributed by atoms with Crippen molar-refractivity contribution in [3.8, 4) is 0 Å². The van der Waals surface area contributed by atoms with Gasteiger partial charge in [-0.3, -0.25) is 0 Å². The molecule has 0 aliphatic carbocycles. The summed E-state index contributed by atoms with van der Waals surface area (Å²) in [4.78, 5) is 2.41. The summed E-state index contributed by atoms with van der Waals surface area (Å²) >= 11 is 0. The van der Waals surface area contributed by atoms with Crippen molar-refractivity contribution in [2.75, 3.05) is 36.9 Å². The minimum absolute atomic E-state index is 0.718. The molecule has 0 radical (unpaired) electrons. The molecule has 1 aliphatic heterocycles. The lowest BCUT2D eigenvalue weighted by atomic mass is 10.0. The normalized spacial score (nSPS) is 14.8. The van der Waals surface area contributed by atoms with Crippen molar-refractivity contribution < 1.29 is 4.74 Å². The number of nitrogens with two attached hydrogens (primary N) is 1. The number of hydrogen-bond donors (Lipinski definition) is 1. The van der Waals surface area contributed by atoms with E-state index in [1.165, 1.54) is 24.1 Å². The highest BCUT2D eigenvalue weighted by Gasteiger charge is 2.16. The van der Waals surface area contributed by atoms with Gasteiger partial charge >= 0.3 is 0 Å². The molecule has 0 spiro atoms. The van der Waals surface area contributed by atoms with Gasteiger partial charge in [0.25, 0.3) is 0 Å². The molecule has 3 nitrogen and oxygen atoms in total.